The van der Waals surface area contributed by atoms with Gasteiger partial charge >= 0.3 is 10.6 Å². The van der Waals surface area contributed by atoms with E-state index in [0.29, 0.717) is 17.1 Å². The van der Waals surface area contributed by atoms with Crippen LogP contribution in [0.5, 0.6) is 0 Å². The van der Waals surface area contributed by atoms with E-state index in [-0.39, 0.29) is 17.9 Å². The number of aromatic nitrogens is 2. The van der Waals surface area contributed by atoms with Crippen LogP contribution >= 0.6 is 11.5 Å². The maximum Gasteiger partial charge on any atom is 0.346 e. The topological polar surface area (TPSA) is 87.1 Å². The Morgan fingerprint density at radius 1 is 1.12 bits per heavy atom. The molecule has 0 radical (unpaired) electrons. The fourth-order valence-electron chi connectivity index (χ4n) is 2.15. The van der Waals surface area contributed by atoms with Crippen LogP contribution in [-0.4, -0.2) is 13.4 Å². The molecule has 0 aliphatic rings. The second kappa shape index (κ2) is 6.20. The van der Waals surface area contributed by atoms with E-state index < -0.39 is 21.3 Å². The van der Waals surface area contributed by atoms with Crippen molar-refractivity contribution in [1.82, 2.24) is 8.52 Å². The maximum absolute atomic E-state index is 12.9. The molecule has 0 amide bonds. The summed E-state index contributed by atoms with van der Waals surface area (Å²) in [7, 11) is 0. The second-order valence-electron chi connectivity index (χ2n) is 4.92. The zero-order valence-electron chi connectivity index (χ0n) is 12.1. The molecule has 0 atom stereocenters. The van der Waals surface area contributed by atoms with Crippen molar-refractivity contribution in [3.8, 4) is 5.69 Å². The number of hydrogen-bond acceptors (Lipinski definition) is 5. The predicted molar refractivity (Wildman–Crippen MR) is 86.3 cm³/mol. The quantitative estimate of drug-likeness (QED) is 0.534. The summed E-state index contributed by atoms with van der Waals surface area (Å²) in [6.45, 7) is -0.00360. The number of halogens is 1. The van der Waals surface area contributed by atoms with E-state index in [1.165, 1.54) is 48.5 Å². The Morgan fingerprint density at radius 2 is 1.83 bits per heavy atom. The second-order valence-corrected chi connectivity index (χ2v) is 5.82. The lowest BCUT2D eigenvalue weighted by Crippen LogP contribution is -2.28. The molecular weight excluding hydrogens is 337 g/mol. The molecule has 0 spiro atoms. The van der Waals surface area contributed by atoms with Gasteiger partial charge in [0.15, 0.2) is 0 Å². The molecule has 3 rings (SSSR count). The van der Waals surface area contributed by atoms with E-state index in [4.69, 9.17) is 0 Å². The van der Waals surface area contributed by atoms with Gasteiger partial charge in [0.2, 0.25) is 0 Å². The number of non-ortho nitro benzene ring substituents is 1. The minimum absolute atomic E-state index is 0.00360. The highest BCUT2D eigenvalue weighted by atomic mass is 32.1. The van der Waals surface area contributed by atoms with E-state index in [0.717, 1.165) is 8.52 Å². The molecule has 0 unspecified atom stereocenters. The summed E-state index contributed by atoms with van der Waals surface area (Å²) in [5.74, 6) is -0.412. The van der Waals surface area contributed by atoms with Gasteiger partial charge in [0, 0.05) is 23.7 Å². The average molecular weight is 347 g/mol. The normalized spacial score (nSPS) is 10.7. The highest BCUT2D eigenvalue weighted by Gasteiger charge is 2.14. The Labute approximate surface area is 138 Å². The van der Waals surface area contributed by atoms with Crippen molar-refractivity contribution >= 4 is 17.2 Å². The summed E-state index contributed by atoms with van der Waals surface area (Å²) in [5.41, 5.74) is 0.0638. The SMILES string of the molecule is O=c1sn(-c2cccc([N+](=O)[O-])c2)c(=O)n1Cc1ccc(F)cc1. The molecule has 0 aliphatic heterocycles. The molecule has 0 saturated carbocycles. The van der Waals surface area contributed by atoms with Crippen LogP contribution in [0.1, 0.15) is 5.56 Å². The van der Waals surface area contributed by atoms with Crippen LogP contribution in [0.15, 0.2) is 58.1 Å². The lowest BCUT2D eigenvalue weighted by molar-refractivity contribution is -0.384. The van der Waals surface area contributed by atoms with Crippen molar-refractivity contribution in [3.05, 3.63) is 90.2 Å². The first kappa shape index (κ1) is 15.8. The highest BCUT2D eigenvalue weighted by molar-refractivity contribution is 7.03. The van der Waals surface area contributed by atoms with Gasteiger partial charge in [0.05, 0.1) is 17.2 Å². The molecule has 3 aromatic rings. The third-order valence-corrected chi connectivity index (χ3v) is 4.25. The molecule has 1 aromatic heterocycles. The third kappa shape index (κ3) is 3.01. The lowest BCUT2D eigenvalue weighted by Gasteiger charge is -2.01. The number of nitro groups is 1. The number of nitro benzene ring substituents is 1. The van der Waals surface area contributed by atoms with Gasteiger partial charge in [-0.3, -0.25) is 14.9 Å². The summed E-state index contributed by atoms with van der Waals surface area (Å²) in [6, 6.07) is 10.9. The Morgan fingerprint density at radius 3 is 2.50 bits per heavy atom. The van der Waals surface area contributed by atoms with Crippen LogP contribution in [0.4, 0.5) is 10.1 Å². The summed E-state index contributed by atoms with van der Waals surface area (Å²) in [4.78, 5) is 34.3. The number of benzene rings is 2. The highest BCUT2D eigenvalue weighted by Crippen LogP contribution is 2.16. The van der Waals surface area contributed by atoms with Gasteiger partial charge in [0.1, 0.15) is 5.82 Å². The molecule has 0 saturated heterocycles. The first-order valence-electron chi connectivity index (χ1n) is 6.78. The zero-order chi connectivity index (χ0) is 17.3. The molecular formula is C15H10FN3O4S. The summed E-state index contributed by atoms with van der Waals surface area (Å²) in [5, 5.41) is 10.8. The van der Waals surface area contributed by atoms with Crippen LogP contribution in [0.3, 0.4) is 0 Å². The average Bonchev–Trinajstić information content (AvgIpc) is 2.85. The van der Waals surface area contributed by atoms with Gasteiger partial charge in [-0.25, -0.2) is 17.7 Å². The van der Waals surface area contributed by atoms with Crippen molar-refractivity contribution in [2.75, 3.05) is 0 Å². The predicted octanol–water partition coefficient (Wildman–Crippen LogP) is 2.16. The molecule has 9 heteroatoms. The van der Waals surface area contributed by atoms with E-state index in [1.807, 2.05) is 0 Å². The molecule has 24 heavy (non-hydrogen) atoms. The standard InChI is InChI=1S/C15H10FN3O4S/c16-11-6-4-10(5-7-11)9-17-14(20)18(24-15(17)21)12-2-1-3-13(8-12)19(22)23/h1-8H,9H2. The Bertz CT molecular complexity index is 1020. The van der Waals surface area contributed by atoms with E-state index in [9.17, 15) is 24.1 Å². The van der Waals surface area contributed by atoms with Gasteiger partial charge in [-0.15, -0.1) is 0 Å². The van der Waals surface area contributed by atoms with Crippen molar-refractivity contribution in [2.45, 2.75) is 6.54 Å². The lowest BCUT2D eigenvalue weighted by atomic mass is 10.2. The molecule has 0 N–H and O–H groups in total. The molecule has 2 aromatic carbocycles. The molecule has 7 nitrogen and oxygen atoms in total. The van der Waals surface area contributed by atoms with E-state index in [1.54, 1.807) is 0 Å². The Hall–Kier alpha value is -3.07. The molecule has 0 fully saturated rings. The van der Waals surface area contributed by atoms with E-state index in [2.05, 4.69) is 0 Å². The molecule has 0 aliphatic carbocycles. The monoisotopic (exact) mass is 347 g/mol. The largest absolute Gasteiger partial charge is 0.346 e. The van der Waals surface area contributed by atoms with Crippen molar-refractivity contribution < 1.29 is 9.31 Å². The van der Waals surface area contributed by atoms with Crippen molar-refractivity contribution in [1.29, 1.82) is 0 Å². The minimum Gasteiger partial charge on any atom is -0.258 e. The van der Waals surface area contributed by atoms with Crippen LogP contribution in [-0.2, 0) is 6.54 Å². The molecule has 1 heterocycles. The Balaban J connectivity index is 2.02. The number of rotatable bonds is 4. The fourth-order valence-corrected chi connectivity index (χ4v) is 2.95. The van der Waals surface area contributed by atoms with Gasteiger partial charge in [-0.2, -0.15) is 0 Å². The maximum atomic E-state index is 12.9. The number of nitrogens with zero attached hydrogens (tertiary/aromatic N) is 3. The fraction of sp³-hybridized carbons (Fsp3) is 0.0667. The summed E-state index contributed by atoms with van der Waals surface area (Å²) in [6.07, 6.45) is 0. The summed E-state index contributed by atoms with van der Waals surface area (Å²) < 4.78 is 15.0. The van der Waals surface area contributed by atoms with Gasteiger partial charge in [-0.1, -0.05) is 18.2 Å². The van der Waals surface area contributed by atoms with Crippen LogP contribution < -0.4 is 10.6 Å². The van der Waals surface area contributed by atoms with Gasteiger partial charge in [0.25, 0.3) is 5.69 Å². The first-order chi connectivity index (χ1) is 11.5. The van der Waals surface area contributed by atoms with Crippen LogP contribution in [0.2, 0.25) is 0 Å². The smallest absolute Gasteiger partial charge is 0.258 e. The molecule has 0 bridgehead atoms. The van der Waals surface area contributed by atoms with Crippen molar-refractivity contribution in [3.63, 3.8) is 0 Å². The Kier molecular flexibility index (Phi) is 4.09. The molecule has 122 valence electrons. The van der Waals surface area contributed by atoms with Gasteiger partial charge < -0.3 is 0 Å². The van der Waals surface area contributed by atoms with Crippen LogP contribution in [0, 0.1) is 15.9 Å². The summed E-state index contributed by atoms with van der Waals surface area (Å²) >= 11 is 0.652. The van der Waals surface area contributed by atoms with E-state index >= 15 is 0 Å². The van der Waals surface area contributed by atoms with Crippen molar-refractivity contribution in [2.24, 2.45) is 0 Å². The first-order valence-corrected chi connectivity index (χ1v) is 7.55. The van der Waals surface area contributed by atoms with Crippen LogP contribution in [0.25, 0.3) is 5.69 Å². The zero-order valence-corrected chi connectivity index (χ0v) is 12.9. The third-order valence-electron chi connectivity index (χ3n) is 3.32. The van der Waals surface area contributed by atoms with Gasteiger partial charge in [-0.05, 0) is 23.8 Å². The minimum atomic E-state index is -0.602. The number of hydrogen-bond donors (Lipinski definition) is 0.